The Bertz CT molecular complexity index is 67.5. The van der Waals surface area contributed by atoms with Gasteiger partial charge in [0.05, 0.1) is 6.10 Å². The Morgan fingerprint density at radius 2 is 1.55 bits per heavy atom. The molecule has 0 aromatic heterocycles. The predicted octanol–water partition coefficient (Wildman–Crippen LogP) is 1.55. The Balaban J connectivity index is -0.000000320. The zero-order valence-electron chi connectivity index (χ0n) is 7.41. The smallest absolute Gasteiger partial charge is 0.0639 e. The van der Waals surface area contributed by atoms with Crippen molar-refractivity contribution in [2.75, 3.05) is 19.6 Å². The van der Waals surface area contributed by atoms with Crippen molar-refractivity contribution in [1.29, 1.82) is 0 Å². The molecule has 0 spiro atoms. The van der Waals surface area contributed by atoms with Crippen molar-refractivity contribution in [3.8, 4) is 0 Å². The summed E-state index contributed by atoms with van der Waals surface area (Å²) >= 11 is 0. The number of hydrogen-bond acceptors (Lipinski definition) is 2. The average Bonchev–Trinajstić information content (AvgIpc) is 1.82. The van der Waals surface area contributed by atoms with Gasteiger partial charge in [-0.1, -0.05) is 13.8 Å². The standard InChI is InChI=1S/C7H17NO.2ClH/c1-4-8(5-2)6-7(3)9;;/h7,9H,4-6H2,1-3H3;2*1H. The van der Waals surface area contributed by atoms with E-state index < -0.39 is 0 Å². The van der Waals surface area contributed by atoms with Crippen LogP contribution in [0.5, 0.6) is 0 Å². The summed E-state index contributed by atoms with van der Waals surface area (Å²) in [5, 5.41) is 8.94. The fraction of sp³-hybridized carbons (Fsp3) is 1.00. The van der Waals surface area contributed by atoms with Gasteiger partial charge in [-0.2, -0.15) is 0 Å². The molecule has 2 nitrogen and oxygen atoms in total. The number of hydrogen-bond donors (Lipinski definition) is 1. The van der Waals surface area contributed by atoms with Crippen molar-refractivity contribution in [1.82, 2.24) is 4.90 Å². The molecular weight excluding hydrogens is 185 g/mol. The van der Waals surface area contributed by atoms with Crippen molar-refractivity contribution < 1.29 is 5.11 Å². The lowest BCUT2D eigenvalue weighted by Crippen LogP contribution is -2.30. The molecule has 0 aromatic carbocycles. The van der Waals surface area contributed by atoms with E-state index in [2.05, 4.69) is 18.7 Å². The summed E-state index contributed by atoms with van der Waals surface area (Å²) < 4.78 is 0. The van der Waals surface area contributed by atoms with E-state index in [0.717, 1.165) is 19.6 Å². The van der Waals surface area contributed by atoms with Gasteiger partial charge in [0.1, 0.15) is 0 Å². The van der Waals surface area contributed by atoms with Crippen LogP contribution in [0.1, 0.15) is 20.8 Å². The van der Waals surface area contributed by atoms with Crippen molar-refractivity contribution >= 4 is 24.8 Å². The average molecular weight is 204 g/mol. The summed E-state index contributed by atoms with van der Waals surface area (Å²) in [4.78, 5) is 2.20. The van der Waals surface area contributed by atoms with E-state index in [1.807, 2.05) is 6.92 Å². The minimum Gasteiger partial charge on any atom is -0.392 e. The van der Waals surface area contributed by atoms with E-state index in [4.69, 9.17) is 5.11 Å². The zero-order valence-corrected chi connectivity index (χ0v) is 9.04. The van der Waals surface area contributed by atoms with Gasteiger partial charge in [-0.25, -0.2) is 0 Å². The Labute approximate surface area is 81.8 Å². The molecule has 1 unspecified atom stereocenters. The molecule has 0 aliphatic rings. The first-order chi connectivity index (χ1) is 4.20. The van der Waals surface area contributed by atoms with E-state index in [1.165, 1.54) is 0 Å². The molecule has 0 amide bonds. The molecule has 0 aromatic rings. The minimum absolute atomic E-state index is 0. The summed E-state index contributed by atoms with van der Waals surface area (Å²) in [6.07, 6.45) is -0.190. The topological polar surface area (TPSA) is 23.5 Å². The maximum atomic E-state index is 8.94. The third-order valence-electron chi connectivity index (χ3n) is 1.42. The second-order valence-electron chi connectivity index (χ2n) is 2.33. The molecule has 11 heavy (non-hydrogen) atoms. The highest BCUT2D eigenvalue weighted by Gasteiger charge is 2.01. The van der Waals surface area contributed by atoms with Crippen molar-refractivity contribution in [2.24, 2.45) is 0 Å². The van der Waals surface area contributed by atoms with Crippen LogP contribution in [0.15, 0.2) is 0 Å². The van der Waals surface area contributed by atoms with Crippen LogP contribution in [0.2, 0.25) is 0 Å². The molecule has 4 heteroatoms. The van der Waals surface area contributed by atoms with Gasteiger partial charge in [0.25, 0.3) is 0 Å². The van der Waals surface area contributed by atoms with Gasteiger partial charge >= 0.3 is 0 Å². The minimum atomic E-state index is -0.190. The quantitative estimate of drug-likeness (QED) is 0.751. The van der Waals surface area contributed by atoms with Crippen LogP contribution in [0.4, 0.5) is 0 Å². The molecule has 0 rings (SSSR count). The van der Waals surface area contributed by atoms with Crippen LogP contribution in [-0.4, -0.2) is 35.7 Å². The first-order valence-corrected chi connectivity index (χ1v) is 3.61. The molecule has 0 aliphatic heterocycles. The second kappa shape index (κ2) is 10.5. The second-order valence-corrected chi connectivity index (χ2v) is 2.33. The number of aliphatic hydroxyl groups excluding tert-OH is 1. The molecule has 0 radical (unpaired) electrons. The number of likely N-dealkylation sites (N-methyl/N-ethyl adjacent to an activating group) is 1. The summed E-state index contributed by atoms with van der Waals surface area (Å²) in [6.45, 7) is 8.88. The highest BCUT2D eigenvalue weighted by Crippen LogP contribution is 1.89. The Morgan fingerprint density at radius 1 is 1.18 bits per heavy atom. The van der Waals surface area contributed by atoms with E-state index in [9.17, 15) is 0 Å². The van der Waals surface area contributed by atoms with Gasteiger partial charge in [0, 0.05) is 6.54 Å². The molecule has 0 fully saturated rings. The van der Waals surface area contributed by atoms with Crippen LogP contribution in [0.25, 0.3) is 0 Å². The van der Waals surface area contributed by atoms with Gasteiger partial charge in [-0.15, -0.1) is 24.8 Å². The van der Waals surface area contributed by atoms with Crippen molar-refractivity contribution in [2.45, 2.75) is 26.9 Å². The van der Waals surface area contributed by atoms with Crippen molar-refractivity contribution in [3.05, 3.63) is 0 Å². The number of halogens is 2. The van der Waals surface area contributed by atoms with Gasteiger partial charge in [0.15, 0.2) is 0 Å². The van der Waals surface area contributed by atoms with E-state index >= 15 is 0 Å². The molecular formula is C7H19Cl2NO. The number of aliphatic hydroxyl groups is 1. The first-order valence-electron chi connectivity index (χ1n) is 3.61. The molecule has 0 aliphatic carbocycles. The summed E-state index contributed by atoms with van der Waals surface area (Å²) in [5.74, 6) is 0. The molecule has 1 N–H and O–H groups in total. The first kappa shape index (κ1) is 17.5. The summed E-state index contributed by atoms with van der Waals surface area (Å²) in [6, 6.07) is 0. The fourth-order valence-corrected chi connectivity index (χ4v) is 0.855. The van der Waals surface area contributed by atoms with Crippen LogP contribution < -0.4 is 0 Å². The van der Waals surface area contributed by atoms with Gasteiger partial charge in [-0.05, 0) is 20.0 Å². The lowest BCUT2D eigenvalue weighted by Gasteiger charge is -2.18. The molecule has 72 valence electrons. The fourth-order valence-electron chi connectivity index (χ4n) is 0.855. The summed E-state index contributed by atoms with van der Waals surface area (Å²) in [5.41, 5.74) is 0. The van der Waals surface area contributed by atoms with E-state index in [-0.39, 0.29) is 30.9 Å². The Morgan fingerprint density at radius 3 is 1.64 bits per heavy atom. The molecule has 0 saturated carbocycles. The normalized spacial score (nSPS) is 11.7. The SMILES string of the molecule is CCN(CC)CC(C)O.Cl.Cl. The highest BCUT2D eigenvalue weighted by atomic mass is 35.5. The third-order valence-corrected chi connectivity index (χ3v) is 1.42. The maximum Gasteiger partial charge on any atom is 0.0639 e. The lowest BCUT2D eigenvalue weighted by atomic mass is 10.3. The third kappa shape index (κ3) is 10.5. The van der Waals surface area contributed by atoms with Crippen LogP contribution in [-0.2, 0) is 0 Å². The maximum absolute atomic E-state index is 8.94. The van der Waals surface area contributed by atoms with Gasteiger partial charge in [0.2, 0.25) is 0 Å². The Kier molecular flexibility index (Phi) is 16.8. The molecule has 0 bridgehead atoms. The van der Waals surface area contributed by atoms with Crippen LogP contribution in [0, 0.1) is 0 Å². The number of nitrogens with zero attached hydrogens (tertiary/aromatic N) is 1. The van der Waals surface area contributed by atoms with Gasteiger partial charge < -0.3 is 10.0 Å². The zero-order chi connectivity index (χ0) is 7.28. The van der Waals surface area contributed by atoms with Crippen LogP contribution >= 0.6 is 24.8 Å². The van der Waals surface area contributed by atoms with Crippen LogP contribution in [0.3, 0.4) is 0 Å². The monoisotopic (exact) mass is 203 g/mol. The summed E-state index contributed by atoms with van der Waals surface area (Å²) in [7, 11) is 0. The number of rotatable bonds is 4. The molecule has 0 saturated heterocycles. The van der Waals surface area contributed by atoms with Gasteiger partial charge in [-0.3, -0.25) is 0 Å². The lowest BCUT2D eigenvalue weighted by molar-refractivity contribution is 0.133. The molecule has 0 heterocycles. The predicted molar refractivity (Wildman–Crippen MR) is 54.0 cm³/mol. The Hall–Kier alpha value is 0.500. The van der Waals surface area contributed by atoms with E-state index in [1.54, 1.807) is 0 Å². The van der Waals surface area contributed by atoms with E-state index in [0.29, 0.717) is 0 Å². The largest absolute Gasteiger partial charge is 0.392 e. The highest BCUT2D eigenvalue weighted by molar-refractivity contribution is 5.85. The molecule has 1 atom stereocenters. The van der Waals surface area contributed by atoms with Crippen molar-refractivity contribution in [3.63, 3.8) is 0 Å².